The number of aromatic nitrogens is 2. The molecule has 0 aliphatic heterocycles. The van der Waals surface area contributed by atoms with E-state index in [0.29, 0.717) is 5.82 Å². The van der Waals surface area contributed by atoms with Crippen LogP contribution in [0, 0.1) is 0 Å². The van der Waals surface area contributed by atoms with Gasteiger partial charge >= 0.3 is 0 Å². The van der Waals surface area contributed by atoms with Gasteiger partial charge in [0.1, 0.15) is 0 Å². The Morgan fingerprint density at radius 1 is 0.305 bits per heavy atom. The molecule has 9 aromatic carbocycles. The van der Waals surface area contributed by atoms with Crippen molar-refractivity contribution in [3.05, 3.63) is 217 Å². The van der Waals surface area contributed by atoms with Crippen molar-refractivity contribution in [2.24, 2.45) is 0 Å². The molecule has 59 heavy (non-hydrogen) atoms. The number of hydrogen-bond acceptors (Lipinski definition) is 2. The largest absolute Gasteiger partial charge is 0.228 e. The second kappa shape index (κ2) is 13.9. The molecule has 2 heteroatoms. The first-order chi connectivity index (χ1) is 29.0. The van der Waals surface area contributed by atoms with E-state index in [1.807, 2.05) is 0 Å². The van der Waals surface area contributed by atoms with Gasteiger partial charge in [0, 0.05) is 22.1 Å². The van der Waals surface area contributed by atoms with Gasteiger partial charge in [0.15, 0.2) is 5.82 Å². The molecule has 1 heterocycles. The van der Waals surface area contributed by atoms with E-state index in [1.165, 1.54) is 60.7 Å². The highest BCUT2D eigenvalue weighted by atomic mass is 14.9. The summed E-state index contributed by atoms with van der Waals surface area (Å²) in [4.78, 5) is 10.8. The van der Waals surface area contributed by atoms with Gasteiger partial charge in [-0.15, -0.1) is 0 Å². The van der Waals surface area contributed by atoms with Gasteiger partial charge < -0.3 is 0 Å². The first kappa shape index (κ1) is 34.8. The molecule has 0 bridgehead atoms. The Kier molecular flexibility index (Phi) is 8.20. The summed E-state index contributed by atoms with van der Waals surface area (Å²) in [5.74, 6) is 0.701. The molecule has 0 unspecified atom stereocenters. The molecule has 10 aromatic rings. The highest BCUT2D eigenvalue weighted by molar-refractivity contribution is 6.05. The van der Waals surface area contributed by atoms with Gasteiger partial charge in [-0.1, -0.05) is 184 Å². The average molecular weight is 753 g/mol. The lowest BCUT2D eigenvalue weighted by Gasteiger charge is -2.22. The summed E-state index contributed by atoms with van der Waals surface area (Å²) in [6.07, 6.45) is 0. The van der Waals surface area contributed by atoms with Crippen LogP contribution in [0.1, 0.15) is 25.0 Å². The van der Waals surface area contributed by atoms with E-state index >= 15 is 0 Å². The lowest BCUT2D eigenvalue weighted by Crippen LogP contribution is -2.14. The predicted molar refractivity (Wildman–Crippen MR) is 247 cm³/mol. The van der Waals surface area contributed by atoms with Crippen LogP contribution in [0.25, 0.3) is 100.0 Å². The van der Waals surface area contributed by atoms with Gasteiger partial charge in [-0.05, 0) is 114 Å². The molecule has 2 nitrogen and oxygen atoms in total. The van der Waals surface area contributed by atoms with Crippen molar-refractivity contribution in [2.75, 3.05) is 0 Å². The number of fused-ring (bicyclic) bond motifs is 5. The van der Waals surface area contributed by atoms with Crippen molar-refractivity contribution in [3.63, 3.8) is 0 Å². The van der Waals surface area contributed by atoms with E-state index in [1.54, 1.807) is 0 Å². The van der Waals surface area contributed by atoms with Crippen LogP contribution >= 0.6 is 0 Å². The van der Waals surface area contributed by atoms with E-state index in [2.05, 4.69) is 220 Å². The molecule has 0 atom stereocenters. The van der Waals surface area contributed by atoms with E-state index < -0.39 is 0 Å². The fourth-order valence-corrected chi connectivity index (χ4v) is 9.25. The number of benzene rings is 9. The summed E-state index contributed by atoms with van der Waals surface area (Å²) in [5.41, 5.74) is 17.2. The molecule has 11 rings (SSSR count). The summed E-state index contributed by atoms with van der Waals surface area (Å²) in [6, 6.07) is 74.3. The molecule has 0 N–H and O–H groups in total. The maximum atomic E-state index is 5.44. The molecule has 0 saturated carbocycles. The fourth-order valence-electron chi connectivity index (χ4n) is 9.25. The maximum absolute atomic E-state index is 5.44. The molecule has 0 radical (unpaired) electrons. The lowest BCUT2D eigenvalue weighted by molar-refractivity contribution is 0.661. The van der Waals surface area contributed by atoms with E-state index in [-0.39, 0.29) is 5.41 Å². The van der Waals surface area contributed by atoms with Crippen LogP contribution in [0.3, 0.4) is 0 Å². The Bertz CT molecular complexity index is 3220. The monoisotopic (exact) mass is 752 g/mol. The quantitative estimate of drug-likeness (QED) is 0.169. The maximum Gasteiger partial charge on any atom is 0.161 e. The minimum absolute atomic E-state index is 0.0831. The van der Waals surface area contributed by atoms with Gasteiger partial charge in [0.25, 0.3) is 0 Å². The minimum atomic E-state index is -0.0831. The zero-order valence-corrected chi connectivity index (χ0v) is 33.0. The third kappa shape index (κ3) is 5.96. The number of rotatable bonds is 6. The molecule has 0 fully saturated rings. The average Bonchev–Trinajstić information content (AvgIpc) is 3.52. The van der Waals surface area contributed by atoms with E-state index in [9.17, 15) is 0 Å². The molecule has 0 amide bonds. The normalized spacial score (nSPS) is 12.7. The van der Waals surface area contributed by atoms with Crippen LogP contribution in [-0.4, -0.2) is 9.97 Å². The molecular formula is C57H40N2. The van der Waals surface area contributed by atoms with Crippen LogP contribution in [-0.2, 0) is 5.41 Å². The lowest BCUT2D eigenvalue weighted by atomic mass is 9.81. The molecule has 1 aliphatic rings. The zero-order chi connectivity index (χ0) is 39.5. The van der Waals surface area contributed by atoms with Crippen LogP contribution in [0.4, 0.5) is 0 Å². The molecule has 1 aliphatic carbocycles. The molecule has 0 spiro atoms. The van der Waals surface area contributed by atoms with Gasteiger partial charge in [-0.2, -0.15) is 0 Å². The zero-order valence-electron chi connectivity index (χ0n) is 33.0. The number of nitrogens with zero attached hydrogens (tertiary/aromatic N) is 2. The Morgan fingerprint density at radius 2 is 0.831 bits per heavy atom. The van der Waals surface area contributed by atoms with Gasteiger partial charge in [-0.3, -0.25) is 0 Å². The highest BCUT2D eigenvalue weighted by Gasteiger charge is 2.36. The van der Waals surface area contributed by atoms with Crippen molar-refractivity contribution in [3.8, 4) is 78.4 Å². The molecule has 0 saturated heterocycles. The Morgan fingerprint density at radius 3 is 1.56 bits per heavy atom. The second-order valence-corrected chi connectivity index (χ2v) is 16.2. The van der Waals surface area contributed by atoms with Crippen LogP contribution in [0.5, 0.6) is 0 Å². The third-order valence-corrected chi connectivity index (χ3v) is 12.3. The second-order valence-electron chi connectivity index (χ2n) is 16.2. The first-order valence-electron chi connectivity index (χ1n) is 20.4. The fraction of sp³-hybridized carbons (Fsp3) is 0.0526. The third-order valence-electron chi connectivity index (χ3n) is 12.3. The van der Waals surface area contributed by atoms with Crippen LogP contribution in [0.2, 0.25) is 0 Å². The summed E-state index contributed by atoms with van der Waals surface area (Å²) >= 11 is 0. The summed E-state index contributed by atoms with van der Waals surface area (Å²) in [7, 11) is 0. The first-order valence-corrected chi connectivity index (χ1v) is 20.4. The van der Waals surface area contributed by atoms with Crippen LogP contribution < -0.4 is 0 Å². The van der Waals surface area contributed by atoms with E-state index in [0.717, 1.165) is 44.6 Å². The van der Waals surface area contributed by atoms with E-state index in [4.69, 9.17) is 9.97 Å². The van der Waals surface area contributed by atoms with Crippen molar-refractivity contribution < 1.29 is 0 Å². The smallest absolute Gasteiger partial charge is 0.161 e. The van der Waals surface area contributed by atoms with Gasteiger partial charge in [0.05, 0.1) is 11.4 Å². The summed E-state index contributed by atoms with van der Waals surface area (Å²) in [5, 5.41) is 4.86. The Labute approximate surface area is 345 Å². The van der Waals surface area contributed by atoms with Crippen molar-refractivity contribution in [1.82, 2.24) is 9.97 Å². The molecule has 278 valence electrons. The molecular weight excluding hydrogens is 713 g/mol. The summed E-state index contributed by atoms with van der Waals surface area (Å²) in [6.45, 7) is 4.71. The number of hydrogen-bond donors (Lipinski definition) is 0. The van der Waals surface area contributed by atoms with Crippen molar-refractivity contribution in [2.45, 2.75) is 19.3 Å². The van der Waals surface area contributed by atoms with Crippen molar-refractivity contribution in [1.29, 1.82) is 0 Å². The highest BCUT2D eigenvalue weighted by Crippen LogP contribution is 2.51. The minimum Gasteiger partial charge on any atom is -0.228 e. The SMILES string of the molecule is CC1(C)c2ccc(-c3ccc(-c4nc(-c5ccccc5)cc(-c5ccc(-c6ccccc6)cc5-c5ccccc5)n4)c4ccccc34)cc2-c2cc3ccccc3cc21. The Hall–Kier alpha value is -7.42. The molecule has 1 aromatic heterocycles. The summed E-state index contributed by atoms with van der Waals surface area (Å²) < 4.78 is 0. The van der Waals surface area contributed by atoms with Gasteiger partial charge in [0.2, 0.25) is 0 Å². The topological polar surface area (TPSA) is 25.8 Å². The standard InChI is InChI=1S/C57H40N2/c1-57(2)52-31-27-43(34-50(52)51-33-40-22-12-13-23-41(40)35-53(51)57)44-29-30-48(46-25-15-14-24-45(44)46)56-58-54(39-20-10-5-11-21-39)36-55(59-56)47-28-26-42(37-16-6-3-7-17-37)32-49(47)38-18-8-4-9-19-38/h3-36H,1-2H3. The predicted octanol–water partition coefficient (Wildman–Crippen LogP) is 15.1. The van der Waals surface area contributed by atoms with Crippen LogP contribution in [0.15, 0.2) is 206 Å². The Balaban J connectivity index is 1.08. The van der Waals surface area contributed by atoms with Gasteiger partial charge in [-0.25, -0.2) is 9.97 Å². The van der Waals surface area contributed by atoms with Crippen molar-refractivity contribution >= 4 is 21.5 Å².